The van der Waals surface area contributed by atoms with Crippen LogP contribution in [0.4, 0.5) is 0 Å². The van der Waals surface area contributed by atoms with Gasteiger partial charge in [-0.3, -0.25) is 9.36 Å². The average molecular weight is 395 g/mol. The molecule has 0 amide bonds. The molecule has 1 aromatic heterocycles. The maximum atomic E-state index is 13.0. The molecule has 0 aliphatic carbocycles. The quantitative estimate of drug-likeness (QED) is 0.622. The molecule has 1 aliphatic heterocycles. The molecule has 0 saturated carbocycles. The standard InChI is InChI=1S/C21H19BrN2O/c1-23-11-9-15(10-12-23)19-14-24(20-8-7-17(22)13-18(19)20)21(25)16-5-3-2-4-6-16/h2-9,13-14H,10-12H2,1H3. The number of benzene rings is 2. The first-order valence-corrected chi connectivity index (χ1v) is 9.21. The fourth-order valence-electron chi connectivity index (χ4n) is 3.36. The summed E-state index contributed by atoms with van der Waals surface area (Å²) in [5.74, 6) is 0.00713. The van der Waals surface area contributed by atoms with E-state index in [0.29, 0.717) is 5.56 Å². The minimum Gasteiger partial charge on any atom is -0.302 e. The van der Waals surface area contributed by atoms with Gasteiger partial charge in [-0.2, -0.15) is 0 Å². The maximum Gasteiger partial charge on any atom is 0.262 e. The van der Waals surface area contributed by atoms with E-state index in [-0.39, 0.29) is 5.91 Å². The first-order chi connectivity index (χ1) is 12.1. The van der Waals surface area contributed by atoms with Crippen LogP contribution in [0.15, 0.2) is 65.3 Å². The topological polar surface area (TPSA) is 25.2 Å². The second-order valence-electron chi connectivity index (χ2n) is 6.49. The molecule has 0 N–H and O–H groups in total. The summed E-state index contributed by atoms with van der Waals surface area (Å²) in [4.78, 5) is 15.3. The number of carbonyl (C=O) groups is 1. The van der Waals surface area contributed by atoms with Crippen LogP contribution in [0.2, 0.25) is 0 Å². The summed E-state index contributed by atoms with van der Waals surface area (Å²) in [5.41, 5.74) is 4.13. The van der Waals surface area contributed by atoms with Crippen LogP contribution in [0.5, 0.6) is 0 Å². The molecule has 3 aromatic rings. The Hall–Kier alpha value is -2.17. The third-order valence-electron chi connectivity index (χ3n) is 4.76. The van der Waals surface area contributed by atoms with Gasteiger partial charge in [0.1, 0.15) is 0 Å². The summed E-state index contributed by atoms with van der Waals surface area (Å²) < 4.78 is 2.81. The molecule has 0 unspecified atom stereocenters. The van der Waals surface area contributed by atoms with Crippen molar-refractivity contribution in [3.8, 4) is 0 Å². The molecule has 4 rings (SSSR count). The monoisotopic (exact) mass is 394 g/mol. The molecule has 3 nitrogen and oxygen atoms in total. The number of hydrogen-bond acceptors (Lipinski definition) is 2. The molecule has 1 aliphatic rings. The first kappa shape index (κ1) is 16.3. The number of hydrogen-bond donors (Lipinski definition) is 0. The molecular formula is C21H19BrN2O. The molecule has 0 radical (unpaired) electrons. The number of aromatic nitrogens is 1. The highest BCUT2D eigenvalue weighted by atomic mass is 79.9. The van der Waals surface area contributed by atoms with Crippen molar-refractivity contribution in [2.45, 2.75) is 6.42 Å². The number of carbonyl (C=O) groups excluding carboxylic acids is 1. The highest BCUT2D eigenvalue weighted by Crippen LogP contribution is 2.33. The van der Waals surface area contributed by atoms with E-state index in [4.69, 9.17) is 0 Å². The molecule has 4 heteroatoms. The van der Waals surface area contributed by atoms with Gasteiger partial charge < -0.3 is 4.90 Å². The third kappa shape index (κ3) is 3.08. The van der Waals surface area contributed by atoms with Gasteiger partial charge in [-0.15, -0.1) is 0 Å². The smallest absolute Gasteiger partial charge is 0.262 e. The van der Waals surface area contributed by atoms with Crippen LogP contribution in [0, 0.1) is 0 Å². The number of rotatable bonds is 2. The van der Waals surface area contributed by atoms with Crippen LogP contribution >= 0.6 is 15.9 Å². The molecule has 25 heavy (non-hydrogen) atoms. The normalized spacial score (nSPS) is 15.4. The van der Waals surface area contributed by atoms with Crippen molar-refractivity contribution < 1.29 is 4.79 Å². The first-order valence-electron chi connectivity index (χ1n) is 8.42. The molecule has 0 fully saturated rings. The number of halogens is 1. The highest BCUT2D eigenvalue weighted by molar-refractivity contribution is 9.10. The van der Waals surface area contributed by atoms with E-state index in [9.17, 15) is 4.79 Å². The van der Waals surface area contributed by atoms with Gasteiger partial charge in [0.05, 0.1) is 5.52 Å². The summed E-state index contributed by atoms with van der Waals surface area (Å²) in [6.45, 7) is 1.99. The summed E-state index contributed by atoms with van der Waals surface area (Å²) in [6, 6.07) is 15.6. The van der Waals surface area contributed by atoms with Crippen molar-refractivity contribution in [1.29, 1.82) is 0 Å². The van der Waals surface area contributed by atoms with Gasteiger partial charge >= 0.3 is 0 Å². The average Bonchev–Trinajstić information content (AvgIpc) is 3.01. The van der Waals surface area contributed by atoms with E-state index in [0.717, 1.165) is 40.4 Å². The lowest BCUT2D eigenvalue weighted by Gasteiger charge is -2.21. The van der Waals surface area contributed by atoms with Crippen LogP contribution in [-0.4, -0.2) is 35.5 Å². The lowest BCUT2D eigenvalue weighted by molar-refractivity contribution is 0.0965. The number of likely N-dealkylation sites (N-methyl/N-ethyl adjacent to an activating group) is 1. The van der Waals surface area contributed by atoms with Crippen molar-refractivity contribution in [2.24, 2.45) is 0 Å². The predicted octanol–water partition coefficient (Wildman–Crippen LogP) is 4.81. The Balaban J connectivity index is 1.87. The van der Waals surface area contributed by atoms with Crippen LogP contribution in [0.3, 0.4) is 0 Å². The SMILES string of the molecule is CN1CC=C(c2cn(C(=O)c3ccccc3)c3ccc(Br)cc23)CC1. The van der Waals surface area contributed by atoms with Gasteiger partial charge in [0.15, 0.2) is 0 Å². The molecule has 2 aromatic carbocycles. The number of nitrogens with zero attached hydrogens (tertiary/aromatic N) is 2. The van der Waals surface area contributed by atoms with Crippen LogP contribution in [-0.2, 0) is 0 Å². The minimum atomic E-state index is 0.00713. The van der Waals surface area contributed by atoms with Crippen molar-refractivity contribution >= 4 is 38.3 Å². The number of fused-ring (bicyclic) bond motifs is 1. The predicted molar refractivity (Wildman–Crippen MR) is 106 cm³/mol. The van der Waals surface area contributed by atoms with Gasteiger partial charge in [-0.1, -0.05) is 40.2 Å². The summed E-state index contributed by atoms with van der Waals surface area (Å²) in [7, 11) is 2.13. The van der Waals surface area contributed by atoms with E-state index in [2.05, 4.69) is 40.0 Å². The molecule has 0 atom stereocenters. The van der Waals surface area contributed by atoms with E-state index >= 15 is 0 Å². The van der Waals surface area contributed by atoms with Crippen molar-refractivity contribution in [3.63, 3.8) is 0 Å². The Kier molecular flexibility index (Phi) is 4.32. The fourth-order valence-corrected chi connectivity index (χ4v) is 3.72. The van der Waals surface area contributed by atoms with Crippen LogP contribution < -0.4 is 0 Å². The Bertz CT molecular complexity index is 972. The van der Waals surface area contributed by atoms with E-state index in [1.54, 1.807) is 4.57 Å². The molecular weight excluding hydrogens is 376 g/mol. The Morgan fingerprint density at radius 3 is 2.64 bits per heavy atom. The molecule has 126 valence electrons. The fraction of sp³-hybridized carbons (Fsp3) is 0.190. The second kappa shape index (κ2) is 6.62. The zero-order valence-corrected chi connectivity index (χ0v) is 15.7. The van der Waals surface area contributed by atoms with Crippen molar-refractivity contribution in [3.05, 3.63) is 76.4 Å². The molecule has 0 bridgehead atoms. The zero-order valence-electron chi connectivity index (χ0n) is 14.1. The Morgan fingerprint density at radius 1 is 1.12 bits per heavy atom. The lowest BCUT2D eigenvalue weighted by Crippen LogP contribution is -2.23. The van der Waals surface area contributed by atoms with Gasteiger partial charge in [0, 0.05) is 40.3 Å². The van der Waals surface area contributed by atoms with Crippen molar-refractivity contribution in [1.82, 2.24) is 9.47 Å². The Morgan fingerprint density at radius 2 is 1.92 bits per heavy atom. The maximum absolute atomic E-state index is 13.0. The minimum absolute atomic E-state index is 0.00713. The summed E-state index contributed by atoms with van der Waals surface area (Å²) in [6.07, 6.45) is 5.28. The van der Waals surface area contributed by atoms with Crippen molar-refractivity contribution in [2.75, 3.05) is 20.1 Å². The van der Waals surface area contributed by atoms with Gasteiger partial charge in [0.25, 0.3) is 5.91 Å². The van der Waals surface area contributed by atoms with Gasteiger partial charge in [-0.05, 0) is 49.4 Å². The van der Waals surface area contributed by atoms with E-state index in [1.807, 2.05) is 48.7 Å². The third-order valence-corrected chi connectivity index (χ3v) is 5.26. The molecule has 2 heterocycles. The summed E-state index contributed by atoms with van der Waals surface area (Å²) in [5, 5.41) is 1.12. The largest absolute Gasteiger partial charge is 0.302 e. The van der Waals surface area contributed by atoms with Gasteiger partial charge in [0.2, 0.25) is 0 Å². The van der Waals surface area contributed by atoms with E-state index in [1.165, 1.54) is 5.57 Å². The molecule has 0 saturated heterocycles. The lowest BCUT2D eigenvalue weighted by atomic mass is 9.99. The van der Waals surface area contributed by atoms with Crippen LogP contribution in [0.1, 0.15) is 22.3 Å². The van der Waals surface area contributed by atoms with Crippen LogP contribution in [0.25, 0.3) is 16.5 Å². The highest BCUT2D eigenvalue weighted by Gasteiger charge is 2.19. The van der Waals surface area contributed by atoms with Gasteiger partial charge in [-0.25, -0.2) is 0 Å². The van der Waals surface area contributed by atoms with E-state index < -0.39 is 0 Å². The molecule has 0 spiro atoms. The zero-order chi connectivity index (χ0) is 17.4. The second-order valence-corrected chi connectivity index (χ2v) is 7.40. The summed E-state index contributed by atoms with van der Waals surface area (Å²) >= 11 is 3.57. The Labute approximate surface area is 155 Å².